The molecule has 184 valence electrons. The number of carboxylic acid groups (broad SMARTS) is 1. The molecule has 1 aromatic carbocycles. The first-order valence-corrected chi connectivity index (χ1v) is 12.0. The van der Waals surface area contributed by atoms with Crippen molar-refractivity contribution in [1.29, 1.82) is 0 Å². The number of carbonyl (C=O) groups excluding carboxylic acids is 3. The minimum absolute atomic E-state index is 0.0237. The van der Waals surface area contributed by atoms with Crippen molar-refractivity contribution in [3.63, 3.8) is 0 Å². The van der Waals surface area contributed by atoms with Gasteiger partial charge in [0.05, 0.1) is 6.61 Å². The Morgan fingerprint density at radius 3 is 2.06 bits per heavy atom. The Balaban J connectivity index is 2.84. The normalized spacial score (nSPS) is 14.4. The van der Waals surface area contributed by atoms with Crippen LogP contribution < -0.4 is 21.7 Å². The summed E-state index contributed by atoms with van der Waals surface area (Å²) in [5, 5.41) is 35.2. The van der Waals surface area contributed by atoms with Gasteiger partial charge in [0.1, 0.15) is 29.9 Å². The van der Waals surface area contributed by atoms with E-state index >= 15 is 0 Å². The molecule has 13 heteroatoms. The number of carboxylic acids is 1. The topological polar surface area (TPSA) is 191 Å². The first-order valence-electron chi connectivity index (χ1n) is 10.0. The number of aliphatic hydroxyl groups is 1. The number of phenols is 1. The molecule has 0 saturated heterocycles. The molecule has 0 fully saturated rings. The van der Waals surface area contributed by atoms with Crippen LogP contribution in [0.15, 0.2) is 24.3 Å². The highest BCUT2D eigenvalue weighted by Gasteiger charge is 2.29. The number of rotatable bonds is 14. The molecule has 1 rings (SSSR count). The van der Waals surface area contributed by atoms with Crippen molar-refractivity contribution in [2.45, 2.75) is 37.0 Å². The second-order valence-electron chi connectivity index (χ2n) is 7.15. The van der Waals surface area contributed by atoms with Crippen LogP contribution in [-0.2, 0) is 25.6 Å². The maximum Gasteiger partial charge on any atom is 0.326 e. The van der Waals surface area contributed by atoms with Gasteiger partial charge in [-0.1, -0.05) is 12.1 Å². The van der Waals surface area contributed by atoms with Crippen molar-refractivity contribution in [3.8, 4) is 5.75 Å². The summed E-state index contributed by atoms with van der Waals surface area (Å²) in [5.41, 5.74) is 6.06. The van der Waals surface area contributed by atoms with E-state index in [0.717, 1.165) is 0 Å². The van der Waals surface area contributed by atoms with Gasteiger partial charge in [-0.05, 0) is 36.1 Å². The van der Waals surface area contributed by atoms with Gasteiger partial charge in [0.2, 0.25) is 17.7 Å². The molecule has 0 heterocycles. The maximum atomic E-state index is 12.7. The molecule has 0 aromatic heterocycles. The average molecular weight is 503 g/mol. The van der Waals surface area contributed by atoms with E-state index in [2.05, 4.69) is 28.6 Å². The maximum absolute atomic E-state index is 12.7. The quantitative estimate of drug-likeness (QED) is 0.140. The number of phenolic OH excluding ortho intramolecular Hbond substituents is 1. The predicted molar refractivity (Wildman–Crippen MR) is 127 cm³/mol. The van der Waals surface area contributed by atoms with Crippen LogP contribution in [0.25, 0.3) is 0 Å². The molecule has 0 aliphatic rings. The lowest BCUT2D eigenvalue weighted by Gasteiger charge is -2.24. The molecule has 4 atom stereocenters. The third kappa shape index (κ3) is 9.90. The lowest BCUT2D eigenvalue weighted by Crippen LogP contribution is -2.58. The summed E-state index contributed by atoms with van der Waals surface area (Å²) in [5.74, 6) is -2.99. The summed E-state index contributed by atoms with van der Waals surface area (Å²) in [4.78, 5) is 49.0. The number of aliphatic carboxylic acids is 1. The van der Waals surface area contributed by atoms with E-state index in [0.29, 0.717) is 11.3 Å². The van der Waals surface area contributed by atoms with Crippen LogP contribution in [-0.4, -0.2) is 87.5 Å². The highest BCUT2D eigenvalue weighted by molar-refractivity contribution is 7.98. The van der Waals surface area contributed by atoms with Gasteiger partial charge in [-0.2, -0.15) is 24.4 Å². The molecule has 3 amide bonds. The van der Waals surface area contributed by atoms with Gasteiger partial charge < -0.3 is 37.0 Å². The Morgan fingerprint density at radius 2 is 1.55 bits per heavy atom. The number of amides is 3. The van der Waals surface area contributed by atoms with Gasteiger partial charge in [-0.25, -0.2) is 4.79 Å². The molecule has 4 unspecified atom stereocenters. The fourth-order valence-electron chi connectivity index (χ4n) is 2.67. The number of aromatic hydroxyl groups is 1. The monoisotopic (exact) mass is 502 g/mol. The molecule has 33 heavy (non-hydrogen) atoms. The lowest BCUT2D eigenvalue weighted by atomic mass is 10.1. The number of thioether (sulfide) groups is 1. The number of nitrogens with two attached hydrogens (primary N) is 1. The van der Waals surface area contributed by atoms with Crippen LogP contribution in [0.1, 0.15) is 12.0 Å². The molecule has 11 nitrogen and oxygen atoms in total. The molecular weight excluding hydrogens is 472 g/mol. The zero-order valence-corrected chi connectivity index (χ0v) is 19.8. The first-order chi connectivity index (χ1) is 15.6. The minimum atomic E-state index is -1.28. The number of hydrogen-bond acceptors (Lipinski definition) is 9. The third-order valence-corrected chi connectivity index (χ3v) is 5.59. The van der Waals surface area contributed by atoms with Crippen molar-refractivity contribution < 1.29 is 34.5 Å². The molecule has 0 aliphatic heterocycles. The standard InChI is InChI=1S/C20H30N4O7S2/c1-33-7-6-14(22-17(27)13(21)9-25)18(28)24-16(10-32)19(29)23-15(20(30)31)8-11-2-4-12(26)5-3-11/h2-5,13-16,25-26,32H,6-10,21H2,1H3,(H,22,27)(H,23,29)(H,24,28)(H,30,31). The molecule has 0 spiro atoms. The largest absolute Gasteiger partial charge is 0.508 e. The smallest absolute Gasteiger partial charge is 0.326 e. The van der Waals surface area contributed by atoms with Gasteiger partial charge in [0, 0.05) is 12.2 Å². The van der Waals surface area contributed by atoms with E-state index < -0.39 is 54.5 Å². The lowest BCUT2D eigenvalue weighted by molar-refractivity contribution is -0.142. The van der Waals surface area contributed by atoms with Gasteiger partial charge in [-0.3, -0.25) is 14.4 Å². The Bertz CT molecular complexity index is 810. The van der Waals surface area contributed by atoms with Crippen LogP contribution in [0.5, 0.6) is 5.75 Å². The van der Waals surface area contributed by atoms with Gasteiger partial charge >= 0.3 is 5.97 Å². The molecule has 8 N–H and O–H groups in total. The molecule has 0 bridgehead atoms. The van der Waals surface area contributed by atoms with Crippen molar-refractivity contribution in [2.24, 2.45) is 5.73 Å². The number of hydrogen-bond donors (Lipinski definition) is 8. The summed E-state index contributed by atoms with van der Waals surface area (Å²) in [6, 6.07) is 1.21. The van der Waals surface area contributed by atoms with E-state index in [1.807, 2.05) is 6.26 Å². The molecule has 0 aliphatic carbocycles. The fourth-order valence-corrected chi connectivity index (χ4v) is 3.40. The highest BCUT2D eigenvalue weighted by Crippen LogP contribution is 2.12. The van der Waals surface area contributed by atoms with Gasteiger partial charge in [0.15, 0.2) is 0 Å². The Hall–Kier alpha value is -2.48. The van der Waals surface area contributed by atoms with Crippen LogP contribution in [0.3, 0.4) is 0 Å². The zero-order valence-electron chi connectivity index (χ0n) is 18.1. The fraction of sp³-hybridized carbons (Fsp3) is 0.500. The molecular formula is C20H30N4O7S2. The van der Waals surface area contributed by atoms with Crippen LogP contribution >= 0.6 is 24.4 Å². The predicted octanol–water partition coefficient (Wildman–Crippen LogP) is -1.52. The van der Waals surface area contributed by atoms with Crippen LogP contribution in [0, 0.1) is 0 Å². The Kier molecular flexibility index (Phi) is 12.7. The summed E-state index contributed by atoms with van der Waals surface area (Å²) in [7, 11) is 0. The van der Waals surface area contributed by atoms with Gasteiger partial charge in [0.25, 0.3) is 0 Å². The Morgan fingerprint density at radius 1 is 1.00 bits per heavy atom. The summed E-state index contributed by atoms with van der Waals surface area (Å²) in [6.07, 6.45) is 2.02. The highest BCUT2D eigenvalue weighted by atomic mass is 32.2. The van der Waals surface area contributed by atoms with E-state index in [-0.39, 0.29) is 24.3 Å². The van der Waals surface area contributed by atoms with Crippen LogP contribution in [0.4, 0.5) is 0 Å². The second-order valence-corrected chi connectivity index (χ2v) is 8.50. The summed E-state index contributed by atoms with van der Waals surface area (Å²) >= 11 is 5.52. The molecule has 0 saturated carbocycles. The zero-order chi connectivity index (χ0) is 25.0. The average Bonchev–Trinajstić information content (AvgIpc) is 2.79. The number of nitrogens with one attached hydrogen (secondary N) is 3. The summed E-state index contributed by atoms with van der Waals surface area (Å²) in [6.45, 7) is -0.595. The number of aliphatic hydroxyl groups excluding tert-OH is 1. The van der Waals surface area contributed by atoms with Crippen molar-refractivity contribution >= 4 is 48.1 Å². The minimum Gasteiger partial charge on any atom is -0.508 e. The van der Waals surface area contributed by atoms with E-state index in [9.17, 15) is 29.4 Å². The number of carbonyl (C=O) groups is 4. The number of thiol groups is 1. The molecule has 1 aromatic rings. The molecule has 0 radical (unpaired) electrons. The second kappa shape index (κ2) is 14.6. The van der Waals surface area contributed by atoms with Crippen molar-refractivity contribution in [2.75, 3.05) is 24.4 Å². The Labute approximate surface area is 201 Å². The summed E-state index contributed by atoms with van der Waals surface area (Å²) < 4.78 is 0. The SMILES string of the molecule is CSCCC(NC(=O)C(N)CO)C(=O)NC(CS)C(=O)NC(Cc1ccc(O)cc1)C(=O)O. The van der Waals surface area contributed by atoms with Crippen molar-refractivity contribution in [1.82, 2.24) is 16.0 Å². The van der Waals surface area contributed by atoms with E-state index in [4.69, 9.17) is 10.8 Å². The van der Waals surface area contributed by atoms with E-state index in [1.54, 1.807) is 0 Å². The van der Waals surface area contributed by atoms with Crippen LogP contribution in [0.2, 0.25) is 0 Å². The third-order valence-electron chi connectivity index (χ3n) is 4.58. The van der Waals surface area contributed by atoms with E-state index in [1.165, 1.54) is 36.0 Å². The van der Waals surface area contributed by atoms with Crippen molar-refractivity contribution in [3.05, 3.63) is 29.8 Å². The van der Waals surface area contributed by atoms with Gasteiger partial charge in [-0.15, -0.1) is 0 Å². The first kappa shape index (κ1) is 28.6. The number of benzene rings is 1.